The van der Waals surface area contributed by atoms with Crippen LogP contribution in [0, 0.1) is 5.92 Å². The van der Waals surface area contributed by atoms with Crippen molar-refractivity contribution in [3.05, 3.63) is 40.8 Å². The molecule has 3 aromatic rings. The Bertz CT molecular complexity index is 1320. The third kappa shape index (κ3) is 3.19. The number of aromatic nitrogens is 2. The van der Waals surface area contributed by atoms with Gasteiger partial charge in [0.1, 0.15) is 12.3 Å². The summed E-state index contributed by atoms with van der Waals surface area (Å²) in [5.74, 6) is 1.28. The molecule has 0 amide bonds. The molecule has 3 heterocycles. The van der Waals surface area contributed by atoms with Crippen molar-refractivity contribution < 1.29 is 13.2 Å². The van der Waals surface area contributed by atoms with Crippen LogP contribution in [0.25, 0.3) is 22.2 Å². The van der Waals surface area contributed by atoms with E-state index in [1.165, 1.54) is 19.1 Å². The van der Waals surface area contributed by atoms with Crippen molar-refractivity contribution in [2.24, 2.45) is 13.0 Å². The molecule has 5 rings (SSSR count). The van der Waals surface area contributed by atoms with Crippen LogP contribution >= 0.6 is 0 Å². The van der Waals surface area contributed by atoms with E-state index >= 15 is 0 Å². The van der Waals surface area contributed by atoms with E-state index < -0.39 is 9.84 Å². The molecule has 7 nitrogen and oxygen atoms in total. The fraction of sp³-hybridized carbons (Fsp3) is 0.409. The Labute approximate surface area is 175 Å². The summed E-state index contributed by atoms with van der Waals surface area (Å²) >= 11 is 0. The van der Waals surface area contributed by atoms with Gasteiger partial charge in [-0.25, -0.2) is 8.42 Å². The highest BCUT2D eigenvalue weighted by molar-refractivity contribution is 7.91. The summed E-state index contributed by atoms with van der Waals surface area (Å²) in [6, 6.07) is 7.34. The minimum atomic E-state index is -3.38. The lowest BCUT2D eigenvalue weighted by atomic mass is 10.1. The van der Waals surface area contributed by atoms with Crippen molar-refractivity contribution in [3.63, 3.8) is 0 Å². The van der Waals surface area contributed by atoms with Crippen molar-refractivity contribution >= 4 is 26.4 Å². The summed E-state index contributed by atoms with van der Waals surface area (Å²) in [5, 5.41) is 3.87. The van der Waals surface area contributed by atoms with Crippen molar-refractivity contribution in [2.45, 2.75) is 30.7 Å². The molecule has 30 heavy (non-hydrogen) atoms. The van der Waals surface area contributed by atoms with Gasteiger partial charge >= 0.3 is 0 Å². The van der Waals surface area contributed by atoms with Crippen LogP contribution < -0.4 is 15.6 Å². The van der Waals surface area contributed by atoms with Crippen molar-refractivity contribution in [2.75, 3.05) is 24.7 Å². The summed E-state index contributed by atoms with van der Waals surface area (Å²) in [6.07, 6.45) is 6.59. The van der Waals surface area contributed by atoms with Crippen LogP contribution in [0.4, 0.5) is 5.69 Å². The van der Waals surface area contributed by atoms with Crippen LogP contribution in [0.2, 0.25) is 0 Å². The third-order valence-electron chi connectivity index (χ3n) is 6.02. The zero-order valence-corrected chi connectivity index (χ0v) is 18.0. The summed E-state index contributed by atoms with van der Waals surface area (Å²) in [6.45, 7) is 1.85. The quantitative estimate of drug-likeness (QED) is 0.677. The van der Waals surface area contributed by atoms with Crippen LogP contribution in [0.3, 0.4) is 0 Å². The van der Waals surface area contributed by atoms with Crippen molar-refractivity contribution in [3.8, 4) is 17.0 Å². The Kier molecular flexibility index (Phi) is 4.43. The first-order valence-electron chi connectivity index (χ1n) is 10.3. The molecule has 1 N–H and O–H groups in total. The summed E-state index contributed by atoms with van der Waals surface area (Å²) < 4.78 is 34.5. The number of fused-ring (bicyclic) bond motifs is 2. The van der Waals surface area contributed by atoms with Gasteiger partial charge < -0.3 is 19.2 Å². The van der Waals surface area contributed by atoms with Crippen LogP contribution in [0.5, 0.6) is 5.75 Å². The molecular weight excluding hydrogens is 402 g/mol. The summed E-state index contributed by atoms with van der Waals surface area (Å²) in [4.78, 5) is 12.9. The number of aryl methyl sites for hydroxylation is 2. The maximum Gasteiger partial charge on any atom is 0.277 e. The lowest BCUT2D eigenvalue weighted by Crippen LogP contribution is -2.28. The number of rotatable bonds is 5. The van der Waals surface area contributed by atoms with Gasteiger partial charge in [0.25, 0.3) is 5.56 Å². The minimum Gasteiger partial charge on any atom is -0.489 e. The third-order valence-corrected chi connectivity index (χ3v) is 7.17. The molecule has 1 aliphatic heterocycles. The second kappa shape index (κ2) is 6.91. The number of ether oxygens (including phenoxy) is 1. The molecule has 1 aliphatic carbocycles. The van der Waals surface area contributed by atoms with E-state index in [4.69, 9.17) is 4.74 Å². The number of hydrogen-bond donors (Lipinski definition) is 1. The fourth-order valence-electron chi connectivity index (χ4n) is 4.30. The molecule has 0 radical (unpaired) electrons. The molecule has 0 atom stereocenters. The smallest absolute Gasteiger partial charge is 0.277 e. The molecule has 8 heteroatoms. The van der Waals surface area contributed by atoms with Crippen molar-refractivity contribution in [1.82, 2.24) is 9.13 Å². The van der Waals surface area contributed by atoms with E-state index in [-0.39, 0.29) is 5.56 Å². The van der Waals surface area contributed by atoms with Crippen LogP contribution in [-0.4, -0.2) is 37.0 Å². The van der Waals surface area contributed by atoms with Gasteiger partial charge in [0.2, 0.25) is 0 Å². The van der Waals surface area contributed by atoms with E-state index in [0.29, 0.717) is 34.9 Å². The predicted octanol–water partition coefficient (Wildman–Crippen LogP) is 3.01. The molecule has 158 valence electrons. The number of anilines is 1. The molecule has 0 unspecified atom stereocenters. The molecule has 2 aromatic heterocycles. The van der Waals surface area contributed by atoms with Gasteiger partial charge in [-0.15, -0.1) is 0 Å². The van der Waals surface area contributed by atoms with Gasteiger partial charge in [-0.05, 0) is 30.5 Å². The maximum atomic E-state index is 12.6. The zero-order valence-electron chi connectivity index (χ0n) is 17.1. The molecule has 1 fully saturated rings. The van der Waals surface area contributed by atoms with Gasteiger partial charge in [0.15, 0.2) is 15.6 Å². The molecule has 0 saturated heterocycles. The average Bonchev–Trinajstić information content (AvgIpc) is 3.47. The zero-order chi connectivity index (χ0) is 21.0. The van der Waals surface area contributed by atoms with Crippen LogP contribution in [0.15, 0.2) is 40.2 Å². The molecule has 0 bridgehead atoms. The van der Waals surface area contributed by atoms with Gasteiger partial charge in [-0.1, -0.05) is 18.9 Å². The highest BCUT2D eigenvalue weighted by atomic mass is 32.2. The Morgan fingerprint density at radius 3 is 2.80 bits per heavy atom. The van der Waals surface area contributed by atoms with E-state index in [1.807, 2.05) is 12.1 Å². The molecular formula is C22H25N3O4S. The minimum absolute atomic E-state index is 0.133. The van der Waals surface area contributed by atoms with Crippen LogP contribution in [0.1, 0.15) is 19.3 Å². The molecule has 2 aliphatic rings. The first kappa shape index (κ1) is 19.2. The Balaban J connectivity index is 1.79. The van der Waals surface area contributed by atoms with E-state index in [2.05, 4.69) is 9.88 Å². The van der Waals surface area contributed by atoms with E-state index in [9.17, 15) is 13.2 Å². The molecule has 0 spiro atoms. The monoisotopic (exact) mass is 427 g/mol. The highest BCUT2D eigenvalue weighted by Gasteiger charge is 2.26. The first-order valence-corrected chi connectivity index (χ1v) is 12.2. The largest absolute Gasteiger partial charge is 0.489 e. The van der Waals surface area contributed by atoms with Crippen LogP contribution in [-0.2, 0) is 23.4 Å². The Morgan fingerprint density at radius 2 is 2.07 bits per heavy atom. The maximum absolute atomic E-state index is 12.6. The van der Waals surface area contributed by atoms with Gasteiger partial charge in [-0.3, -0.25) is 4.79 Å². The van der Waals surface area contributed by atoms with E-state index in [1.54, 1.807) is 29.9 Å². The summed E-state index contributed by atoms with van der Waals surface area (Å²) in [5.41, 5.74) is 2.89. The Hall–Kier alpha value is -2.74. The lowest BCUT2D eigenvalue weighted by Gasteiger charge is -2.23. The predicted molar refractivity (Wildman–Crippen MR) is 117 cm³/mol. The van der Waals surface area contributed by atoms with Gasteiger partial charge in [-0.2, -0.15) is 0 Å². The number of sulfone groups is 1. The average molecular weight is 428 g/mol. The molecule has 1 aromatic carbocycles. The standard InChI is InChI=1S/C22H25N3O4S/c1-24-13-16(21-20(22(24)26)23-9-11-29-21)18-12-15-17(25(18)10-8-14-6-7-14)4-3-5-19(15)30(2,27)28/h3-5,12-14,23H,6-11H2,1-2H3. The fourth-order valence-corrected chi connectivity index (χ4v) is 5.19. The number of hydrogen-bond acceptors (Lipinski definition) is 5. The normalized spacial score (nSPS) is 16.2. The Morgan fingerprint density at radius 1 is 1.27 bits per heavy atom. The lowest BCUT2D eigenvalue weighted by molar-refractivity contribution is 0.323. The number of benzene rings is 1. The number of pyridine rings is 1. The summed E-state index contributed by atoms with van der Waals surface area (Å²) in [7, 11) is -1.65. The van der Waals surface area contributed by atoms with E-state index in [0.717, 1.165) is 35.7 Å². The second-order valence-electron chi connectivity index (χ2n) is 8.31. The van der Waals surface area contributed by atoms with Gasteiger partial charge in [0, 0.05) is 43.5 Å². The second-order valence-corrected chi connectivity index (χ2v) is 10.3. The molecule has 1 saturated carbocycles. The highest BCUT2D eigenvalue weighted by Crippen LogP contribution is 2.41. The van der Waals surface area contributed by atoms with Crippen molar-refractivity contribution in [1.29, 1.82) is 0 Å². The number of nitrogens with zero attached hydrogens (tertiary/aromatic N) is 2. The topological polar surface area (TPSA) is 82.3 Å². The SMILES string of the molecule is Cn1cc(-c2cc3c(S(C)(=O)=O)cccc3n2CCC2CC2)c2c(c1=O)NCCO2. The first-order chi connectivity index (χ1) is 14.3. The van der Waals surface area contributed by atoms with Gasteiger partial charge in [0.05, 0.1) is 16.2 Å². The number of nitrogens with one attached hydrogen (secondary N) is 1.